The van der Waals surface area contributed by atoms with Gasteiger partial charge in [-0.2, -0.15) is 0 Å². The van der Waals surface area contributed by atoms with Gasteiger partial charge < -0.3 is 26.2 Å². The molecule has 2 heterocycles. The second kappa shape index (κ2) is 14.7. The fourth-order valence-corrected chi connectivity index (χ4v) is 6.84. The lowest BCUT2D eigenvalue weighted by Crippen LogP contribution is -2.61. The fourth-order valence-electron chi connectivity index (χ4n) is 6.84. The molecule has 45 heavy (non-hydrogen) atoms. The molecule has 1 aromatic heterocycles. The molecule has 7 atom stereocenters. The van der Waals surface area contributed by atoms with Crippen LogP contribution in [0, 0.1) is 23.2 Å². The van der Waals surface area contributed by atoms with Gasteiger partial charge >= 0.3 is 0 Å². The quantitative estimate of drug-likeness (QED) is 0.262. The summed E-state index contributed by atoms with van der Waals surface area (Å²) in [4.78, 5) is 77.0. The summed E-state index contributed by atoms with van der Waals surface area (Å²) >= 11 is 0. The average molecular weight is 626 g/mol. The van der Waals surface area contributed by atoms with Crippen LogP contribution in [-0.2, 0) is 19.2 Å². The molecule has 0 bridgehead atoms. The summed E-state index contributed by atoms with van der Waals surface area (Å²) in [7, 11) is 0. The topological polar surface area (TPSA) is 162 Å². The predicted molar refractivity (Wildman–Crippen MR) is 168 cm³/mol. The molecule has 1 aliphatic heterocycles. The Labute approximate surface area is 266 Å². The number of likely N-dealkylation sites (tertiary alicyclic amines) is 1. The molecule has 4 rings (SSSR count). The van der Waals surface area contributed by atoms with Crippen LogP contribution in [0.2, 0.25) is 0 Å². The van der Waals surface area contributed by atoms with Gasteiger partial charge in [0.2, 0.25) is 23.6 Å². The zero-order chi connectivity index (χ0) is 32.9. The van der Waals surface area contributed by atoms with Gasteiger partial charge in [-0.25, -0.2) is 4.98 Å². The summed E-state index contributed by atoms with van der Waals surface area (Å²) < 4.78 is 0. The molecule has 1 aromatic rings. The summed E-state index contributed by atoms with van der Waals surface area (Å²) in [5.41, 5.74) is -0.603. The normalized spacial score (nSPS) is 23.7. The standard InChI is InChI=1S/C33H51N7O5/c1-7-10-24(22(8-2)29(42)37-21-13-14-21)38-31(44)26-23-12-9-11-20(23)18-40(26)32(45)27(33(4,5)6)39-28(41)19(3)36-30(43)25-17-34-15-16-35-25/h15-17,19-24,26-27H,7-14,18H2,1-6H3,(H,36,43)(H,37,42)(H,38,44)(H,39,41). The van der Waals surface area contributed by atoms with Crippen LogP contribution in [0.3, 0.4) is 0 Å². The molecular weight excluding hydrogens is 574 g/mol. The highest BCUT2D eigenvalue weighted by atomic mass is 16.2. The Hall–Kier alpha value is -3.57. The molecule has 2 saturated carbocycles. The number of carbonyl (C=O) groups excluding carboxylic acids is 5. The Balaban J connectivity index is 1.50. The van der Waals surface area contributed by atoms with E-state index < -0.39 is 35.4 Å². The van der Waals surface area contributed by atoms with Crippen molar-refractivity contribution in [1.82, 2.24) is 36.1 Å². The Bertz CT molecular complexity index is 1230. The Kier molecular flexibility index (Phi) is 11.2. The van der Waals surface area contributed by atoms with Gasteiger partial charge in [0.15, 0.2) is 0 Å². The zero-order valence-corrected chi connectivity index (χ0v) is 27.6. The first-order chi connectivity index (χ1) is 21.3. The van der Waals surface area contributed by atoms with Crippen molar-refractivity contribution in [3.8, 4) is 0 Å². The predicted octanol–water partition coefficient (Wildman–Crippen LogP) is 2.34. The largest absolute Gasteiger partial charge is 0.353 e. The van der Waals surface area contributed by atoms with Crippen LogP contribution >= 0.6 is 0 Å². The number of amides is 5. The van der Waals surface area contributed by atoms with Crippen LogP contribution in [-0.4, -0.2) is 81.2 Å². The van der Waals surface area contributed by atoms with Crippen molar-refractivity contribution in [2.24, 2.45) is 23.2 Å². The van der Waals surface area contributed by atoms with E-state index in [2.05, 4.69) is 31.2 Å². The Morgan fingerprint density at radius 1 is 0.978 bits per heavy atom. The molecule has 0 radical (unpaired) electrons. The average Bonchev–Trinajstić information content (AvgIpc) is 3.55. The van der Waals surface area contributed by atoms with E-state index in [1.54, 1.807) is 11.8 Å². The van der Waals surface area contributed by atoms with Gasteiger partial charge in [-0.05, 0) is 62.7 Å². The van der Waals surface area contributed by atoms with Crippen LogP contribution in [0.5, 0.6) is 0 Å². The van der Waals surface area contributed by atoms with E-state index >= 15 is 0 Å². The van der Waals surface area contributed by atoms with E-state index in [9.17, 15) is 24.0 Å². The maximum atomic E-state index is 14.3. The van der Waals surface area contributed by atoms with Crippen molar-refractivity contribution in [2.75, 3.05) is 6.54 Å². The summed E-state index contributed by atoms with van der Waals surface area (Å²) in [5, 5.41) is 11.8. The molecule has 12 heteroatoms. The summed E-state index contributed by atoms with van der Waals surface area (Å²) in [6, 6.07) is -2.66. The number of hydrogen-bond donors (Lipinski definition) is 4. The number of carbonyl (C=O) groups is 5. The minimum absolute atomic E-state index is 0.0205. The van der Waals surface area contributed by atoms with Gasteiger partial charge in [-0.1, -0.05) is 47.5 Å². The van der Waals surface area contributed by atoms with E-state index in [0.29, 0.717) is 19.4 Å². The lowest BCUT2D eigenvalue weighted by molar-refractivity contribution is -0.145. The highest BCUT2D eigenvalue weighted by Gasteiger charge is 2.52. The maximum absolute atomic E-state index is 14.3. The van der Waals surface area contributed by atoms with Gasteiger partial charge in [-0.3, -0.25) is 29.0 Å². The lowest BCUT2D eigenvalue weighted by Gasteiger charge is -2.37. The highest BCUT2D eigenvalue weighted by Crippen LogP contribution is 2.43. The minimum Gasteiger partial charge on any atom is -0.353 e. The van der Waals surface area contributed by atoms with Crippen molar-refractivity contribution in [2.45, 2.75) is 123 Å². The van der Waals surface area contributed by atoms with E-state index in [1.165, 1.54) is 18.6 Å². The third-order valence-corrected chi connectivity index (χ3v) is 9.49. The molecule has 0 aromatic carbocycles. The van der Waals surface area contributed by atoms with Gasteiger partial charge in [0.25, 0.3) is 5.91 Å². The van der Waals surface area contributed by atoms with Crippen molar-refractivity contribution < 1.29 is 24.0 Å². The third-order valence-electron chi connectivity index (χ3n) is 9.49. The van der Waals surface area contributed by atoms with Crippen LogP contribution in [0.1, 0.15) is 103 Å². The maximum Gasteiger partial charge on any atom is 0.272 e. The molecule has 2 aliphatic carbocycles. The smallest absolute Gasteiger partial charge is 0.272 e. The summed E-state index contributed by atoms with van der Waals surface area (Å²) in [6.45, 7) is 11.6. The molecule has 7 unspecified atom stereocenters. The Morgan fingerprint density at radius 2 is 1.71 bits per heavy atom. The van der Waals surface area contributed by atoms with E-state index in [0.717, 1.165) is 38.5 Å². The van der Waals surface area contributed by atoms with Gasteiger partial charge in [0.05, 0.1) is 12.1 Å². The number of aromatic nitrogens is 2. The lowest BCUT2D eigenvalue weighted by atomic mass is 9.85. The molecular formula is C33H51N7O5. The molecule has 5 amide bonds. The summed E-state index contributed by atoms with van der Waals surface area (Å²) in [6.07, 6.45) is 11.0. The molecule has 12 nitrogen and oxygen atoms in total. The number of nitrogens with zero attached hydrogens (tertiary/aromatic N) is 3. The highest BCUT2D eigenvalue weighted by molar-refractivity contribution is 5.98. The number of rotatable bonds is 13. The Morgan fingerprint density at radius 3 is 2.31 bits per heavy atom. The van der Waals surface area contributed by atoms with Crippen LogP contribution in [0.15, 0.2) is 18.6 Å². The van der Waals surface area contributed by atoms with Crippen LogP contribution in [0.25, 0.3) is 0 Å². The van der Waals surface area contributed by atoms with E-state index in [-0.39, 0.29) is 53.3 Å². The summed E-state index contributed by atoms with van der Waals surface area (Å²) in [5.74, 6) is -1.75. The SMILES string of the molecule is CCCC(NC(=O)C1C2CCCC2CN1C(=O)C(NC(=O)C(C)NC(=O)c1cnccn1)C(C)(C)C)C(CC)C(=O)NC1CC1. The van der Waals surface area contributed by atoms with Crippen molar-refractivity contribution in [3.05, 3.63) is 24.3 Å². The first kappa shape index (κ1) is 34.3. The molecule has 3 fully saturated rings. The molecule has 248 valence electrons. The number of nitrogens with one attached hydrogen (secondary N) is 4. The van der Waals surface area contributed by atoms with Crippen molar-refractivity contribution in [1.29, 1.82) is 0 Å². The minimum atomic E-state index is -0.947. The van der Waals surface area contributed by atoms with Gasteiger partial charge in [0.1, 0.15) is 23.8 Å². The molecule has 4 N–H and O–H groups in total. The van der Waals surface area contributed by atoms with Crippen LogP contribution < -0.4 is 21.3 Å². The van der Waals surface area contributed by atoms with Crippen LogP contribution in [0.4, 0.5) is 0 Å². The first-order valence-corrected chi connectivity index (χ1v) is 16.6. The number of fused-ring (bicyclic) bond motifs is 1. The second-order valence-electron chi connectivity index (χ2n) is 14.1. The molecule has 1 saturated heterocycles. The second-order valence-corrected chi connectivity index (χ2v) is 14.1. The third kappa shape index (κ3) is 8.38. The van der Waals surface area contributed by atoms with Crippen molar-refractivity contribution in [3.63, 3.8) is 0 Å². The van der Waals surface area contributed by atoms with E-state index in [4.69, 9.17) is 0 Å². The first-order valence-electron chi connectivity index (χ1n) is 16.6. The monoisotopic (exact) mass is 625 g/mol. The van der Waals surface area contributed by atoms with Gasteiger partial charge in [0, 0.05) is 31.0 Å². The van der Waals surface area contributed by atoms with Gasteiger partial charge in [-0.15, -0.1) is 0 Å². The molecule has 3 aliphatic rings. The fraction of sp³-hybridized carbons (Fsp3) is 0.727. The number of hydrogen-bond acceptors (Lipinski definition) is 7. The molecule has 0 spiro atoms. The van der Waals surface area contributed by atoms with E-state index in [1.807, 2.05) is 34.6 Å². The van der Waals surface area contributed by atoms with Crippen molar-refractivity contribution >= 4 is 29.5 Å². The zero-order valence-electron chi connectivity index (χ0n) is 27.6.